The van der Waals surface area contributed by atoms with Gasteiger partial charge in [-0.1, -0.05) is 72.4 Å². The highest BCUT2D eigenvalue weighted by atomic mass is 32.2. The van der Waals surface area contributed by atoms with Crippen molar-refractivity contribution in [3.05, 3.63) is 96.3 Å². The molecule has 3 aromatic carbocycles. The minimum atomic E-state index is -0.529. The first kappa shape index (κ1) is 24.8. The van der Waals surface area contributed by atoms with Crippen LogP contribution in [0.4, 0.5) is 5.69 Å². The van der Waals surface area contributed by atoms with Crippen molar-refractivity contribution in [1.29, 1.82) is 0 Å². The van der Waals surface area contributed by atoms with Crippen molar-refractivity contribution in [3.63, 3.8) is 0 Å². The molecule has 38 heavy (non-hydrogen) atoms. The molecule has 0 unspecified atom stereocenters. The summed E-state index contributed by atoms with van der Waals surface area (Å²) in [6.07, 6.45) is 0. The zero-order valence-electron chi connectivity index (χ0n) is 20.3. The van der Waals surface area contributed by atoms with E-state index in [4.69, 9.17) is 4.74 Å². The molecule has 2 aromatic heterocycles. The molecule has 2 heterocycles. The molecular weight excluding hydrogens is 504 g/mol. The number of methoxy groups -OCH3 is 1. The van der Waals surface area contributed by atoms with E-state index in [-0.39, 0.29) is 23.8 Å². The van der Waals surface area contributed by atoms with Crippen LogP contribution in [0.5, 0.6) is 0 Å². The number of hydrogen-bond donors (Lipinski definition) is 1. The summed E-state index contributed by atoms with van der Waals surface area (Å²) in [5.74, 6) is 0.294. The Morgan fingerprint density at radius 3 is 2.37 bits per heavy atom. The van der Waals surface area contributed by atoms with Gasteiger partial charge in [-0.15, -0.1) is 20.4 Å². The summed E-state index contributed by atoms with van der Waals surface area (Å²) in [4.78, 5) is 26.2. The number of nitrogens with zero attached hydrogens (tertiary/aromatic N) is 7. The summed E-state index contributed by atoms with van der Waals surface area (Å²) < 4.78 is 6.65. The van der Waals surface area contributed by atoms with Crippen LogP contribution in [0.3, 0.4) is 0 Å². The normalized spacial score (nSPS) is 10.8. The topological polar surface area (TPSA) is 130 Å². The number of amides is 1. The van der Waals surface area contributed by atoms with Gasteiger partial charge in [0.1, 0.15) is 6.54 Å². The Labute approximate surface area is 221 Å². The van der Waals surface area contributed by atoms with E-state index in [9.17, 15) is 9.59 Å². The number of tetrazole rings is 1. The van der Waals surface area contributed by atoms with Gasteiger partial charge in [0.2, 0.25) is 11.7 Å². The Balaban J connectivity index is 1.34. The van der Waals surface area contributed by atoms with Gasteiger partial charge in [0.25, 0.3) is 0 Å². The smallest absolute Gasteiger partial charge is 0.339 e. The van der Waals surface area contributed by atoms with E-state index >= 15 is 0 Å². The summed E-state index contributed by atoms with van der Waals surface area (Å²) in [5.41, 5.74) is 2.34. The van der Waals surface area contributed by atoms with E-state index in [1.165, 1.54) is 23.7 Å². The maximum atomic E-state index is 12.8. The van der Waals surface area contributed by atoms with Crippen molar-refractivity contribution >= 4 is 29.3 Å². The molecule has 1 amide bonds. The lowest BCUT2D eigenvalue weighted by molar-refractivity contribution is -0.113. The predicted molar refractivity (Wildman–Crippen MR) is 141 cm³/mol. The molecule has 0 fully saturated rings. The number of anilines is 1. The number of thioether (sulfide) groups is 1. The van der Waals surface area contributed by atoms with Gasteiger partial charge in [-0.05, 0) is 29.5 Å². The zero-order valence-corrected chi connectivity index (χ0v) is 21.1. The summed E-state index contributed by atoms with van der Waals surface area (Å²) in [6, 6.07) is 25.8. The predicted octanol–water partition coefficient (Wildman–Crippen LogP) is 3.49. The number of aromatic nitrogens is 7. The molecule has 190 valence electrons. The molecule has 0 radical (unpaired) electrons. The van der Waals surface area contributed by atoms with Crippen LogP contribution in [-0.4, -0.2) is 59.7 Å². The molecular formula is C26H22N8O3S. The first-order chi connectivity index (χ1) is 18.6. The fourth-order valence-corrected chi connectivity index (χ4v) is 4.44. The number of rotatable bonds is 9. The minimum absolute atomic E-state index is 0.0419. The van der Waals surface area contributed by atoms with Gasteiger partial charge in [0, 0.05) is 11.3 Å². The van der Waals surface area contributed by atoms with Crippen molar-refractivity contribution in [2.75, 3.05) is 18.2 Å². The lowest BCUT2D eigenvalue weighted by Gasteiger charge is -2.11. The molecule has 0 spiro atoms. The molecule has 0 atom stereocenters. The van der Waals surface area contributed by atoms with Crippen LogP contribution in [0.15, 0.2) is 90.1 Å². The first-order valence-corrected chi connectivity index (χ1v) is 12.5. The average molecular weight is 527 g/mol. The summed E-state index contributed by atoms with van der Waals surface area (Å²) in [7, 11) is 1.29. The summed E-state index contributed by atoms with van der Waals surface area (Å²) in [5, 5.41) is 24.8. The number of nitrogens with one attached hydrogen (secondary N) is 1. The third-order valence-electron chi connectivity index (χ3n) is 5.42. The lowest BCUT2D eigenvalue weighted by Crippen LogP contribution is -2.17. The van der Waals surface area contributed by atoms with E-state index < -0.39 is 5.97 Å². The van der Waals surface area contributed by atoms with E-state index in [2.05, 4.69) is 30.9 Å². The van der Waals surface area contributed by atoms with Gasteiger partial charge < -0.3 is 10.1 Å². The number of carbonyl (C=O) groups excluding carboxylic acids is 2. The number of ether oxygens (including phenoxy) is 1. The van der Waals surface area contributed by atoms with Crippen molar-refractivity contribution < 1.29 is 14.3 Å². The molecule has 5 aromatic rings. The molecule has 1 N–H and O–H groups in total. The molecule has 0 aliphatic rings. The maximum absolute atomic E-state index is 12.8. The second kappa shape index (κ2) is 11.5. The molecule has 0 aliphatic carbocycles. The molecule has 12 heteroatoms. The lowest BCUT2D eigenvalue weighted by atomic mass is 10.2. The van der Waals surface area contributed by atoms with Crippen LogP contribution in [0.25, 0.3) is 17.1 Å². The molecule has 0 saturated heterocycles. The van der Waals surface area contributed by atoms with Crippen LogP contribution >= 0.6 is 11.8 Å². The van der Waals surface area contributed by atoms with Crippen molar-refractivity contribution in [2.45, 2.75) is 11.7 Å². The molecule has 0 bridgehead atoms. The molecule has 0 saturated carbocycles. The van der Waals surface area contributed by atoms with E-state index in [0.717, 1.165) is 11.3 Å². The fourth-order valence-electron chi connectivity index (χ4n) is 3.67. The average Bonchev–Trinajstić information content (AvgIpc) is 3.60. The molecule has 0 aliphatic heterocycles. The Morgan fingerprint density at radius 2 is 1.61 bits per heavy atom. The van der Waals surface area contributed by atoms with Crippen LogP contribution in [-0.2, 0) is 16.1 Å². The van der Waals surface area contributed by atoms with Crippen LogP contribution in [0, 0.1) is 0 Å². The first-order valence-electron chi connectivity index (χ1n) is 11.6. The second-order valence-electron chi connectivity index (χ2n) is 7.95. The molecule has 5 rings (SSSR count). The van der Waals surface area contributed by atoms with Crippen molar-refractivity contribution in [2.24, 2.45) is 0 Å². The van der Waals surface area contributed by atoms with Crippen LogP contribution in [0.1, 0.15) is 16.2 Å². The number of para-hydroxylation sites is 2. The Bertz CT molecular complexity index is 1550. The Kier molecular flexibility index (Phi) is 7.50. The third kappa shape index (κ3) is 5.60. The SMILES string of the molecule is COC(=O)c1ccccc1NC(=O)CSc1nnc(Cn2nnc(-c3ccccc3)n2)n1-c1ccccc1. The fraction of sp³-hybridized carbons (Fsp3) is 0.115. The third-order valence-corrected chi connectivity index (χ3v) is 6.35. The van der Waals surface area contributed by atoms with Gasteiger partial charge in [-0.3, -0.25) is 9.36 Å². The molecule has 11 nitrogen and oxygen atoms in total. The van der Waals surface area contributed by atoms with Gasteiger partial charge in [0.15, 0.2) is 11.0 Å². The van der Waals surface area contributed by atoms with E-state index in [1.807, 2.05) is 65.2 Å². The Hall–Kier alpha value is -4.84. The highest BCUT2D eigenvalue weighted by Gasteiger charge is 2.19. The van der Waals surface area contributed by atoms with E-state index in [0.29, 0.717) is 22.5 Å². The van der Waals surface area contributed by atoms with Crippen LogP contribution in [0.2, 0.25) is 0 Å². The zero-order chi connectivity index (χ0) is 26.3. The number of benzene rings is 3. The quantitative estimate of drug-likeness (QED) is 0.227. The van der Waals surface area contributed by atoms with Crippen LogP contribution < -0.4 is 5.32 Å². The van der Waals surface area contributed by atoms with Gasteiger partial charge >= 0.3 is 5.97 Å². The van der Waals surface area contributed by atoms with Crippen molar-refractivity contribution in [3.8, 4) is 17.1 Å². The van der Waals surface area contributed by atoms with Gasteiger partial charge in [-0.2, -0.15) is 4.80 Å². The monoisotopic (exact) mass is 526 g/mol. The van der Waals surface area contributed by atoms with E-state index in [1.54, 1.807) is 24.3 Å². The highest BCUT2D eigenvalue weighted by Crippen LogP contribution is 2.24. The number of hydrogen-bond acceptors (Lipinski definition) is 9. The highest BCUT2D eigenvalue weighted by molar-refractivity contribution is 7.99. The number of carbonyl (C=O) groups is 2. The minimum Gasteiger partial charge on any atom is -0.465 e. The maximum Gasteiger partial charge on any atom is 0.339 e. The number of esters is 1. The summed E-state index contributed by atoms with van der Waals surface area (Å²) in [6.45, 7) is 0.223. The van der Waals surface area contributed by atoms with Crippen molar-refractivity contribution in [1.82, 2.24) is 35.0 Å². The Morgan fingerprint density at radius 1 is 0.895 bits per heavy atom. The largest absolute Gasteiger partial charge is 0.465 e. The standard InChI is InChI=1S/C26H22N8O3S/c1-37-25(36)20-14-8-9-15-21(20)27-23(35)17-38-26-30-28-22(34(26)19-12-6-3-7-13-19)16-33-31-24(29-32-33)18-10-4-2-5-11-18/h2-15H,16-17H2,1H3,(H,27,35). The van der Waals surface area contributed by atoms with Gasteiger partial charge in [0.05, 0.1) is 24.1 Å². The van der Waals surface area contributed by atoms with Gasteiger partial charge in [-0.25, -0.2) is 4.79 Å². The summed E-state index contributed by atoms with van der Waals surface area (Å²) >= 11 is 1.22. The second-order valence-corrected chi connectivity index (χ2v) is 8.90.